The van der Waals surface area contributed by atoms with Crippen LogP contribution in [0, 0.1) is 0 Å². The first-order valence-electron chi connectivity index (χ1n) is 4.43. The fraction of sp³-hybridized carbons (Fsp3) is 0.333. The second-order valence-electron chi connectivity index (χ2n) is 2.91. The highest BCUT2D eigenvalue weighted by atomic mass is 35.5. The minimum absolute atomic E-state index is 0.131. The summed E-state index contributed by atoms with van der Waals surface area (Å²) < 4.78 is 32.7. The zero-order valence-electron chi connectivity index (χ0n) is 8.86. The Bertz CT molecular complexity index is 487. The van der Waals surface area contributed by atoms with E-state index in [0.717, 1.165) is 0 Å². The minimum Gasteiger partial charge on any atom is -0.495 e. The van der Waals surface area contributed by atoms with E-state index in [-0.39, 0.29) is 15.7 Å². The number of nitrogens with two attached hydrogens (primary N) is 1. The van der Waals surface area contributed by atoms with Crippen LogP contribution in [0.2, 0.25) is 5.02 Å². The zero-order valence-corrected chi connectivity index (χ0v) is 10.4. The van der Waals surface area contributed by atoms with Gasteiger partial charge in [0.2, 0.25) is 10.0 Å². The fourth-order valence-electron chi connectivity index (χ4n) is 1.16. The highest BCUT2D eigenvalue weighted by Crippen LogP contribution is 2.34. The van der Waals surface area contributed by atoms with Gasteiger partial charge in [-0.3, -0.25) is 0 Å². The molecule has 1 aromatic rings. The molecule has 0 heterocycles. The van der Waals surface area contributed by atoms with Crippen molar-refractivity contribution in [2.24, 2.45) is 5.14 Å². The topological polar surface area (TPSA) is 78.6 Å². The van der Waals surface area contributed by atoms with Crippen LogP contribution >= 0.6 is 11.6 Å². The third-order valence-corrected chi connectivity index (χ3v) is 3.05. The number of hydrogen-bond donors (Lipinski definition) is 1. The quantitative estimate of drug-likeness (QED) is 0.892. The summed E-state index contributed by atoms with van der Waals surface area (Å²) in [6.07, 6.45) is 0. The molecule has 0 aliphatic heterocycles. The molecule has 16 heavy (non-hydrogen) atoms. The van der Waals surface area contributed by atoms with Gasteiger partial charge in [-0.25, -0.2) is 13.6 Å². The van der Waals surface area contributed by atoms with Crippen LogP contribution in [-0.4, -0.2) is 22.1 Å². The van der Waals surface area contributed by atoms with E-state index in [1.54, 1.807) is 6.92 Å². The van der Waals surface area contributed by atoms with Crippen molar-refractivity contribution in [2.75, 3.05) is 13.7 Å². The average molecular weight is 266 g/mol. The van der Waals surface area contributed by atoms with Gasteiger partial charge in [-0.1, -0.05) is 11.6 Å². The molecule has 1 rings (SSSR count). The summed E-state index contributed by atoms with van der Waals surface area (Å²) in [6.45, 7) is 2.04. The molecule has 0 fully saturated rings. The van der Waals surface area contributed by atoms with Gasteiger partial charge in [0.05, 0.1) is 18.7 Å². The first-order valence-corrected chi connectivity index (χ1v) is 6.35. The second-order valence-corrected chi connectivity index (χ2v) is 4.85. The Morgan fingerprint density at radius 2 is 2.00 bits per heavy atom. The Kier molecular flexibility index (Phi) is 4.01. The van der Waals surface area contributed by atoms with Crippen LogP contribution < -0.4 is 14.6 Å². The van der Waals surface area contributed by atoms with Gasteiger partial charge in [0.15, 0.2) is 0 Å². The third-order valence-electron chi connectivity index (χ3n) is 1.82. The van der Waals surface area contributed by atoms with Crippen LogP contribution in [-0.2, 0) is 10.0 Å². The molecule has 0 radical (unpaired) electrons. The second kappa shape index (κ2) is 4.90. The Hall–Kier alpha value is -0.980. The van der Waals surface area contributed by atoms with Crippen molar-refractivity contribution in [3.8, 4) is 11.5 Å². The maximum atomic E-state index is 11.3. The van der Waals surface area contributed by atoms with E-state index in [4.69, 9.17) is 26.2 Å². The standard InChI is InChI=1S/C9H12ClNO4S/c1-3-15-8-5-7(14-2)6(10)4-9(8)16(11,12)13/h4-5H,3H2,1-2H3,(H2,11,12,13). The first-order chi connectivity index (χ1) is 7.40. The van der Waals surface area contributed by atoms with E-state index < -0.39 is 10.0 Å². The lowest BCUT2D eigenvalue weighted by molar-refractivity contribution is 0.327. The first kappa shape index (κ1) is 13.1. The lowest BCUT2D eigenvalue weighted by atomic mass is 10.3. The molecule has 0 aliphatic carbocycles. The number of hydrogen-bond acceptors (Lipinski definition) is 4. The van der Waals surface area contributed by atoms with Crippen molar-refractivity contribution in [3.63, 3.8) is 0 Å². The predicted molar refractivity (Wildman–Crippen MR) is 60.5 cm³/mol. The van der Waals surface area contributed by atoms with Crippen LogP contribution in [0.4, 0.5) is 0 Å². The van der Waals surface area contributed by atoms with Gasteiger partial charge in [-0.15, -0.1) is 0 Å². The molecule has 90 valence electrons. The molecule has 0 unspecified atom stereocenters. The van der Waals surface area contributed by atoms with Crippen LogP contribution in [0.25, 0.3) is 0 Å². The Labute approximate surface area is 99.2 Å². The molecule has 0 saturated heterocycles. The number of sulfonamides is 1. The van der Waals surface area contributed by atoms with Crippen LogP contribution in [0.1, 0.15) is 6.92 Å². The van der Waals surface area contributed by atoms with Crippen LogP contribution in [0.15, 0.2) is 17.0 Å². The van der Waals surface area contributed by atoms with Crippen molar-refractivity contribution in [2.45, 2.75) is 11.8 Å². The van der Waals surface area contributed by atoms with E-state index in [0.29, 0.717) is 12.4 Å². The number of methoxy groups -OCH3 is 1. The summed E-state index contributed by atoms with van der Waals surface area (Å²) in [7, 11) is -2.44. The lowest BCUT2D eigenvalue weighted by Gasteiger charge is -2.11. The highest BCUT2D eigenvalue weighted by molar-refractivity contribution is 7.89. The van der Waals surface area contributed by atoms with Crippen LogP contribution in [0.5, 0.6) is 11.5 Å². The van der Waals surface area contributed by atoms with Crippen molar-refractivity contribution >= 4 is 21.6 Å². The molecule has 5 nitrogen and oxygen atoms in total. The van der Waals surface area contributed by atoms with Gasteiger partial charge in [-0.2, -0.15) is 0 Å². The van der Waals surface area contributed by atoms with Crippen molar-refractivity contribution in [1.29, 1.82) is 0 Å². The van der Waals surface area contributed by atoms with Gasteiger partial charge < -0.3 is 9.47 Å². The summed E-state index contributed by atoms with van der Waals surface area (Å²) >= 11 is 5.81. The van der Waals surface area contributed by atoms with E-state index in [9.17, 15) is 8.42 Å². The molecule has 0 atom stereocenters. The van der Waals surface area contributed by atoms with Crippen molar-refractivity contribution in [3.05, 3.63) is 17.2 Å². The van der Waals surface area contributed by atoms with E-state index in [2.05, 4.69) is 0 Å². The SMILES string of the molecule is CCOc1cc(OC)c(Cl)cc1S(N)(=O)=O. The molecule has 0 saturated carbocycles. The minimum atomic E-state index is -3.87. The van der Waals surface area contributed by atoms with Gasteiger partial charge >= 0.3 is 0 Å². The van der Waals surface area contributed by atoms with E-state index >= 15 is 0 Å². The van der Waals surface area contributed by atoms with E-state index in [1.807, 2.05) is 0 Å². The van der Waals surface area contributed by atoms with Gasteiger partial charge in [0, 0.05) is 6.07 Å². The molecule has 0 aromatic heterocycles. The number of primary sulfonamides is 1. The fourth-order valence-corrected chi connectivity index (χ4v) is 2.15. The summed E-state index contributed by atoms with van der Waals surface area (Å²) in [5.74, 6) is 0.462. The molecule has 1 aromatic carbocycles. The Morgan fingerprint density at radius 1 is 1.38 bits per heavy atom. The van der Waals surface area contributed by atoms with E-state index in [1.165, 1.54) is 19.2 Å². The maximum absolute atomic E-state index is 11.3. The third kappa shape index (κ3) is 2.78. The van der Waals surface area contributed by atoms with Gasteiger partial charge in [0.1, 0.15) is 16.4 Å². The van der Waals surface area contributed by atoms with Gasteiger partial charge in [0.25, 0.3) is 0 Å². The summed E-state index contributed by atoms with van der Waals surface area (Å²) in [5, 5.41) is 5.20. The average Bonchev–Trinajstić information content (AvgIpc) is 2.19. The summed E-state index contributed by atoms with van der Waals surface area (Å²) in [5.41, 5.74) is 0. The Balaban J connectivity index is 3.42. The number of benzene rings is 1. The van der Waals surface area contributed by atoms with Crippen molar-refractivity contribution in [1.82, 2.24) is 0 Å². The van der Waals surface area contributed by atoms with Gasteiger partial charge in [-0.05, 0) is 13.0 Å². The lowest BCUT2D eigenvalue weighted by Crippen LogP contribution is -2.14. The maximum Gasteiger partial charge on any atom is 0.241 e. The van der Waals surface area contributed by atoms with Crippen molar-refractivity contribution < 1.29 is 17.9 Å². The number of rotatable bonds is 4. The monoisotopic (exact) mass is 265 g/mol. The predicted octanol–water partition coefficient (Wildman–Crippen LogP) is 1.39. The molecule has 0 aliphatic rings. The molecule has 0 spiro atoms. The Morgan fingerprint density at radius 3 is 2.44 bits per heavy atom. The summed E-state index contributed by atoms with van der Waals surface area (Å²) in [4.78, 5) is -0.153. The molecular weight excluding hydrogens is 254 g/mol. The normalized spacial score (nSPS) is 11.2. The molecule has 0 bridgehead atoms. The summed E-state index contributed by atoms with van der Waals surface area (Å²) in [6, 6.07) is 2.60. The molecule has 7 heteroatoms. The highest BCUT2D eigenvalue weighted by Gasteiger charge is 2.18. The van der Waals surface area contributed by atoms with Crippen LogP contribution in [0.3, 0.4) is 0 Å². The smallest absolute Gasteiger partial charge is 0.241 e. The largest absolute Gasteiger partial charge is 0.495 e. The zero-order chi connectivity index (χ0) is 12.3. The number of halogens is 1. The molecule has 0 amide bonds. The number of ether oxygens (including phenoxy) is 2. The molecule has 2 N–H and O–H groups in total. The molecular formula is C9H12ClNO4S.